The van der Waals surface area contributed by atoms with Crippen molar-refractivity contribution >= 4 is 33.9 Å². The molecule has 0 radical (unpaired) electrons. The number of amides is 1. The number of carboxylic acid groups (broad SMARTS) is 1. The molecule has 3 aromatic heterocycles. The third-order valence-electron chi connectivity index (χ3n) is 8.37. The summed E-state index contributed by atoms with van der Waals surface area (Å²) in [5, 5.41) is 17.9. The van der Waals surface area contributed by atoms with Crippen LogP contribution < -0.4 is 5.32 Å². The number of nitrogens with one attached hydrogen (secondary N) is 3. The van der Waals surface area contributed by atoms with E-state index in [-0.39, 0.29) is 12.1 Å². The molecular formula is C38H46N8O4. The van der Waals surface area contributed by atoms with Crippen LogP contribution in [-0.4, -0.2) is 106 Å². The number of hydrogen-bond donors (Lipinski definition) is 4. The summed E-state index contributed by atoms with van der Waals surface area (Å²) >= 11 is 0. The number of carbonyl (C=O) groups is 2. The van der Waals surface area contributed by atoms with E-state index in [0.29, 0.717) is 12.2 Å². The first kappa shape index (κ1) is 35.8. The number of carbonyl (C=O) groups excluding carboxylic acids is 1. The minimum absolute atomic E-state index is 0.0825. The van der Waals surface area contributed by atoms with Gasteiger partial charge in [0.15, 0.2) is 0 Å². The lowest BCUT2D eigenvalue weighted by atomic mass is 10.0. The molecule has 0 unspecified atom stereocenters. The first-order chi connectivity index (χ1) is 24.1. The predicted molar refractivity (Wildman–Crippen MR) is 196 cm³/mol. The molecule has 4 N–H and O–H groups in total. The Morgan fingerprint density at radius 3 is 1.98 bits per heavy atom. The van der Waals surface area contributed by atoms with E-state index < -0.39 is 5.97 Å². The van der Waals surface area contributed by atoms with Crippen LogP contribution in [0.4, 0.5) is 4.79 Å². The van der Waals surface area contributed by atoms with E-state index in [4.69, 9.17) is 9.84 Å². The van der Waals surface area contributed by atoms with Crippen molar-refractivity contribution < 1.29 is 19.4 Å². The van der Waals surface area contributed by atoms with Gasteiger partial charge in [-0.05, 0) is 106 Å². The van der Waals surface area contributed by atoms with Crippen molar-refractivity contribution in [3.05, 3.63) is 120 Å². The number of ether oxygens (including phenoxy) is 1. The normalized spacial score (nSPS) is 13.9. The molecule has 1 fully saturated rings. The van der Waals surface area contributed by atoms with Crippen molar-refractivity contribution in [2.45, 2.75) is 31.8 Å². The number of likely N-dealkylation sites (N-methyl/N-ethyl adjacent to an activating group) is 2. The largest absolute Gasteiger partial charge is 0.478 e. The Labute approximate surface area is 292 Å². The number of cyclic esters (lactones) is 1. The average Bonchev–Trinajstić information content (AvgIpc) is 3.92. The van der Waals surface area contributed by atoms with E-state index >= 15 is 0 Å². The molecule has 0 bridgehead atoms. The van der Waals surface area contributed by atoms with Gasteiger partial charge < -0.3 is 34.9 Å². The second-order valence-corrected chi connectivity index (χ2v) is 12.9. The molecule has 0 saturated carbocycles. The zero-order chi connectivity index (χ0) is 35.5. The number of alkyl carbamates (subject to hydrolysis) is 1. The van der Waals surface area contributed by atoms with Gasteiger partial charge in [-0.2, -0.15) is 5.10 Å². The molecule has 262 valence electrons. The Bertz CT molecular complexity index is 1970. The standard InChI is InChI=1S/C16H21N3O2.C15H19N5.C7H6O2/c1-19(2)6-5-12-9-17-15-4-3-11(8-14(12)15)7-13-10-21-16(20)18-13;1-19(2)6-5-13-8-17-15-4-3-12(7-14(13)15)9-20-11-16-10-18-20;8-7(9)6-4-2-1-3-5-6/h3-4,8-9,13,17H,5-7,10H2,1-2H3,(H,18,20);3-4,7-8,10-11,17H,5-6,9H2,1-2H3;1-5H,(H,8,9)/t13-;;/m0../s1. The third kappa shape index (κ3) is 10.3. The minimum atomic E-state index is -0.879. The summed E-state index contributed by atoms with van der Waals surface area (Å²) in [6, 6.07) is 21.3. The van der Waals surface area contributed by atoms with Crippen LogP contribution in [0.25, 0.3) is 21.8 Å². The molecule has 50 heavy (non-hydrogen) atoms. The number of rotatable bonds is 11. The summed E-state index contributed by atoms with van der Waals surface area (Å²) in [4.78, 5) is 36.3. The van der Waals surface area contributed by atoms with Crippen LogP contribution in [0.15, 0.2) is 91.8 Å². The fraction of sp³-hybridized carbons (Fsp3) is 0.316. The van der Waals surface area contributed by atoms with E-state index in [1.165, 1.54) is 44.1 Å². The Morgan fingerprint density at radius 1 is 0.880 bits per heavy atom. The Kier molecular flexibility index (Phi) is 12.4. The molecule has 12 heteroatoms. The Morgan fingerprint density at radius 2 is 1.48 bits per heavy atom. The number of hydrogen-bond acceptors (Lipinski definition) is 7. The number of aromatic carboxylic acids is 1. The number of carboxylic acids is 1. The van der Waals surface area contributed by atoms with Crippen LogP contribution in [-0.2, 0) is 30.5 Å². The lowest BCUT2D eigenvalue weighted by molar-refractivity contribution is 0.0696. The second-order valence-electron chi connectivity index (χ2n) is 12.9. The SMILES string of the molecule is CN(C)CCc1c[nH]c2ccc(C[C@H]3COC(=O)N3)cc12.CN(C)CCc1c[nH]c2ccc(Cn3cncn3)cc12.O=C(O)c1ccccc1. The zero-order valence-corrected chi connectivity index (χ0v) is 29.1. The van der Waals surface area contributed by atoms with Gasteiger partial charge in [0.05, 0.1) is 18.2 Å². The molecule has 1 atom stereocenters. The van der Waals surface area contributed by atoms with E-state index in [9.17, 15) is 9.59 Å². The monoisotopic (exact) mass is 678 g/mol. The second kappa shape index (κ2) is 17.3. The summed E-state index contributed by atoms with van der Waals surface area (Å²) in [6.07, 6.45) is 10.1. The summed E-state index contributed by atoms with van der Waals surface area (Å²) in [7, 11) is 8.38. The van der Waals surface area contributed by atoms with Gasteiger partial charge in [0.2, 0.25) is 0 Å². The first-order valence-electron chi connectivity index (χ1n) is 16.7. The quantitative estimate of drug-likeness (QED) is 0.146. The van der Waals surface area contributed by atoms with Crippen molar-refractivity contribution in [2.75, 3.05) is 47.9 Å². The van der Waals surface area contributed by atoms with E-state index in [1.807, 2.05) is 4.68 Å². The van der Waals surface area contributed by atoms with Gasteiger partial charge in [-0.15, -0.1) is 0 Å². The molecule has 3 aromatic carbocycles. The highest BCUT2D eigenvalue weighted by atomic mass is 16.6. The highest BCUT2D eigenvalue weighted by Gasteiger charge is 2.22. The fourth-order valence-electron chi connectivity index (χ4n) is 5.68. The first-order valence-corrected chi connectivity index (χ1v) is 16.7. The third-order valence-corrected chi connectivity index (χ3v) is 8.37. The molecule has 7 rings (SSSR count). The molecular weight excluding hydrogens is 632 g/mol. The molecule has 0 spiro atoms. The predicted octanol–water partition coefficient (Wildman–Crippen LogP) is 5.22. The number of H-pyrrole nitrogens is 2. The van der Waals surface area contributed by atoms with Gasteiger partial charge in [-0.25, -0.2) is 19.3 Å². The lowest BCUT2D eigenvalue weighted by Gasteiger charge is -2.09. The maximum atomic E-state index is 11.1. The van der Waals surface area contributed by atoms with Crippen LogP contribution in [0.1, 0.15) is 32.6 Å². The molecule has 1 amide bonds. The number of aromatic nitrogens is 5. The molecule has 4 heterocycles. The van der Waals surface area contributed by atoms with E-state index in [2.05, 4.69) is 112 Å². The maximum absolute atomic E-state index is 11.1. The number of nitrogens with zero attached hydrogens (tertiary/aromatic N) is 5. The van der Waals surface area contributed by atoms with Crippen molar-refractivity contribution in [1.82, 2.24) is 39.8 Å². The molecule has 6 aromatic rings. The summed E-state index contributed by atoms with van der Waals surface area (Å²) < 4.78 is 6.78. The number of aromatic amines is 2. The molecule has 1 saturated heterocycles. The average molecular weight is 679 g/mol. The van der Waals surface area contributed by atoms with Crippen molar-refractivity contribution in [3.63, 3.8) is 0 Å². The maximum Gasteiger partial charge on any atom is 0.407 e. The van der Waals surface area contributed by atoms with Crippen LogP contribution in [0.3, 0.4) is 0 Å². The fourth-order valence-corrected chi connectivity index (χ4v) is 5.68. The van der Waals surface area contributed by atoms with E-state index in [1.54, 1.807) is 43.0 Å². The van der Waals surface area contributed by atoms with Gasteiger partial charge in [0, 0.05) is 47.3 Å². The van der Waals surface area contributed by atoms with Crippen LogP contribution in [0.2, 0.25) is 0 Å². The zero-order valence-electron chi connectivity index (χ0n) is 29.1. The molecule has 1 aliphatic heterocycles. The highest BCUT2D eigenvalue weighted by Crippen LogP contribution is 2.23. The Hall–Kier alpha value is -5.46. The highest BCUT2D eigenvalue weighted by molar-refractivity contribution is 5.87. The van der Waals surface area contributed by atoms with E-state index in [0.717, 1.165) is 38.9 Å². The van der Waals surface area contributed by atoms with Gasteiger partial charge in [-0.1, -0.05) is 30.3 Å². The summed E-state index contributed by atoms with van der Waals surface area (Å²) in [6.45, 7) is 3.30. The summed E-state index contributed by atoms with van der Waals surface area (Å²) in [5.41, 5.74) is 7.87. The van der Waals surface area contributed by atoms with Gasteiger partial charge in [0.1, 0.15) is 19.3 Å². The lowest BCUT2D eigenvalue weighted by Crippen LogP contribution is -2.28. The van der Waals surface area contributed by atoms with Crippen molar-refractivity contribution in [3.8, 4) is 0 Å². The Balaban J connectivity index is 0.000000157. The van der Waals surface area contributed by atoms with Gasteiger partial charge in [-0.3, -0.25) is 0 Å². The number of fused-ring (bicyclic) bond motifs is 2. The number of benzene rings is 3. The topological polar surface area (TPSA) is 144 Å². The van der Waals surface area contributed by atoms with Crippen LogP contribution >= 0.6 is 0 Å². The molecule has 0 aliphatic carbocycles. The van der Waals surface area contributed by atoms with Crippen molar-refractivity contribution in [2.24, 2.45) is 0 Å². The van der Waals surface area contributed by atoms with Crippen LogP contribution in [0.5, 0.6) is 0 Å². The smallest absolute Gasteiger partial charge is 0.407 e. The molecule has 12 nitrogen and oxygen atoms in total. The van der Waals surface area contributed by atoms with Gasteiger partial charge >= 0.3 is 12.1 Å². The molecule has 1 aliphatic rings. The van der Waals surface area contributed by atoms with Crippen LogP contribution in [0, 0.1) is 0 Å². The van der Waals surface area contributed by atoms with Crippen molar-refractivity contribution in [1.29, 1.82) is 0 Å². The minimum Gasteiger partial charge on any atom is -0.478 e. The summed E-state index contributed by atoms with van der Waals surface area (Å²) in [5.74, 6) is -0.879. The van der Waals surface area contributed by atoms with Gasteiger partial charge in [0.25, 0.3) is 0 Å².